The number of rotatable bonds is 5. The summed E-state index contributed by atoms with van der Waals surface area (Å²) in [5, 5.41) is 10.7. The van der Waals surface area contributed by atoms with Crippen LogP contribution in [-0.4, -0.2) is 25.3 Å². The van der Waals surface area contributed by atoms with E-state index in [9.17, 15) is 14.7 Å². The number of hydrogen-bond donors (Lipinski definition) is 1. The molecular formula is C20H18O6. The number of carbonyl (C=O) groups excluding carboxylic acids is 1. The maximum atomic E-state index is 12.5. The number of para-hydroxylation sites is 1. The topological polar surface area (TPSA) is 86.0 Å². The lowest BCUT2D eigenvalue weighted by Gasteiger charge is -2.17. The predicted octanol–water partition coefficient (Wildman–Crippen LogP) is 3.20. The van der Waals surface area contributed by atoms with Crippen LogP contribution in [0.3, 0.4) is 0 Å². The number of carbonyl (C=O) groups is 1. The van der Waals surface area contributed by atoms with Crippen LogP contribution in [0.15, 0.2) is 57.7 Å². The second kappa shape index (κ2) is 7.31. The lowest BCUT2D eigenvalue weighted by Crippen LogP contribution is -2.13. The van der Waals surface area contributed by atoms with Gasteiger partial charge in [0.2, 0.25) is 11.2 Å². The van der Waals surface area contributed by atoms with Gasteiger partial charge < -0.3 is 19.0 Å². The third kappa shape index (κ3) is 3.26. The van der Waals surface area contributed by atoms with Gasteiger partial charge in [0.25, 0.3) is 0 Å². The van der Waals surface area contributed by atoms with Gasteiger partial charge in [-0.15, -0.1) is 0 Å². The van der Waals surface area contributed by atoms with Crippen molar-refractivity contribution in [3.05, 3.63) is 70.1 Å². The molecule has 6 nitrogen and oxygen atoms in total. The number of esters is 1. The Kier molecular flexibility index (Phi) is 4.93. The van der Waals surface area contributed by atoms with Crippen molar-refractivity contribution in [3.63, 3.8) is 0 Å². The van der Waals surface area contributed by atoms with E-state index < -0.39 is 23.1 Å². The van der Waals surface area contributed by atoms with Crippen LogP contribution in [0.5, 0.6) is 11.5 Å². The first-order valence-corrected chi connectivity index (χ1v) is 8.00. The van der Waals surface area contributed by atoms with Crippen molar-refractivity contribution in [3.8, 4) is 11.5 Å². The van der Waals surface area contributed by atoms with E-state index in [1.54, 1.807) is 55.6 Å². The van der Waals surface area contributed by atoms with E-state index in [0.717, 1.165) is 0 Å². The van der Waals surface area contributed by atoms with Gasteiger partial charge in [0.15, 0.2) is 5.76 Å². The Bertz CT molecular complexity index is 987. The normalized spacial score (nSPS) is 11.9. The summed E-state index contributed by atoms with van der Waals surface area (Å²) in [6.07, 6.45) is -0.0856. The Labute approximate surface area is 149 Å². The second-order valence-corrected chi connectivity index (χ2v) is 5.75. The summed E-state index contributed by atoms with van der Waals surface area (Å²) in [7, 11) is 2.83. The molecule has 134 valence electrons. The molecule has 0 aliphatic rings. The van der Waals surface area contributed by atoms with E-state index in [1.165, 1.54) is 7.11 Å². The molecule has 3 aromatic rings. The Balaban J connectivity index is 2.17. The number of methoxy groups -OCH3 is 2. The quantitative estimate of drug-likeness (QED) is 0.708. The van der Waals surface area contributed by atoms with Gasteiger partial charge in [-0.25, -0.2) is 0 Å². The van der Waals surface area contributed by atoms with Crippen LogP contribution < -0.4 is 10.2 Å². The molecule has 0 aliphatic heterocycles. The molecule has 2 aromatic carbocycles. The Morgan fingerprint density at radius 2 is 1.81 bits per heavy atom. The van der Waals surface area contributed by atoms with Gasteiger partial charge in [0.05, 0.1) is 31.9 Å². The first-order valence-electron chi connectivity index (χ1n) is 8.00. The van der Waals surface area contributed by atoms with Crippen molar-refractivity contribution in [1.29, 1.82) is 0 Å². The minimum Gasteiger partial charge on any atom is -0.502 e. The van der Waals surface area contributed by atoms with Crippen molar-refractivity contribution < 1.29 is 23.8 Å². The zero-order valence-corrected chi connectivity index (χ0v) is 14.4. The van der Waals surface area contributed by atoms with E-state index in [-0.39, 0.29) is 17.6 Å². The molecule has 0 saturated carbocycles. The fourth-order valence-electron chi connectivity index (χ4n) is 2.83. The zero-order chi connectivity index (χ0) is 18.7. The Morgan fingerprint density at radius 3 is 2.46 bits per heavy atom. The van der Waals surface area contributed by atoms with Crippen LogP contribution in [0, 0.1) is 0 Å². The minimum absolute atomic E-state index is 0.0317. The highest BCUT2D eigenvalue weighted by Gasteiger charge is 2.27. The van der Waals surface area contributed by atoms with Gasteiger partial charge in [-0.3, -0.25) is 9.59 Å². The summed E-state index contributed by atoms with van der Waals surface area (Å²) >= 11 is 0. The molecule has 0 amide bonds. The van der Waals surface area contributed by atoms with Crippen LogP contribution in [0.2, 0.25) is 0 Å². The fraction of sp³-hybridized carbons (Fsp3) is 0.200. The van der Waals surface area contributed by atoms with Gasteiger partial charge in [0.1, 0.15) is 11.3 Å². The smallest absolute Gasteiger partial charge is 0.306 e. The average molecular weight is 354 g/mol. The van der Waals surface area contributed by atoms with Crippen LogP contribution >= 0.6 is 0 Å². The van der Waals surface area contributed by atoms with Gasteiger partial charge in [-0.05, 0) is 29.8 Å². The third-order valence-corrected chi connectivity index (χ3v) is 4.23. The molecular weight excluding hydrogens is 336 g/mol. The summed E-state index contributed by atoms with van der Waals surface area (Å²) in [6, 6.07) is 13.6. The first kappa shape index (κ1) is 17.5. The maximum Gasteiger partial charge on any atom is 0.306 e. The monoisotopic (exact) mass is 354 g/mol. The standard InChI is InChI=1S/C20H18O6/c1-24-13-9-7-12(8-10-13)15(11-17(21)25-2)20-19(23)18(22)14-5-3-4-6-16(14)26-20/h3-10,15,23H,11H2,1-2H3/t15-/m1/s1. The molecule has 1 heterocycles. The molecule has 0 spiro atoms. The average Bonchev–Trinajstić information content (AvgIpc) is 2.69. The van der Waals surface area contributed by atoms with Crippen LogP contribution in [0.1, 0.15) is 23.7 Å². The molecule has 6 heteroatoms. The van der Waals surface area contributed by atoms with Crippen LogP contribution in [0.25, 0.3) is 11.0 Å². The maximum absolute atomic E-state index is 12.5. The molecule has 1 aromatic heterocycles. The number of benzene rings is 2. The molecule has 0 bridgehead atoms. The second-order valence-electron chi connectivity index (χ2n) is 5.75. The van der Waals surface area contributed by atoms with Gasteiger partial charge in [-0.2, -0.15) is 0 Å². The van der Waals surface area contributed by atoms with Crippen molar-refractivity contribution in [2.75, 3.05) is 14.2 Å². The highest BCUT2D eigenvalue weighted by Crippen LogP contribution is 2.35. The summed E-state index contributed by atoms with van der Waals surface area (Å²) in [4.78, 5) is 24.4. The summed E-state index contributed by atoms with van der Waals surface area (Å²) in [6.45, 7) is 0. The first-order chi connectivity index (χ1) is 12.5. The molecule has 0 fully saturated rings. The number of hydrogen-bond acceptors (Lipinski definition) is 6. The van der Waals surface area contributed by atoms with E-state index >= 15 is 0 Å². The van der Waals surface area contributed by atoms with Crippen molar-refractivity contribution in [1.82, 2.24) is 0 Å². The van der Waals surface area contributed by atoms with Crippen molar-refractivity contribution in [2.24, 2.45) is 0 Å². The molecule has 3 rings (SSSR count). The van der Waals surface area contributed by atoms with Gasteiger partial charge >= 0.3 is 5.97 Å². The lowest BCUT2D eigenvalue weighted by molar-refractivity contribution is -0.140. The Hall–Kier alpha value is -3.28. The van der Waals surface area contributed by atoms with E-state index in [1.807, 2.05) is 0 Å². The molecule has 0 aliphatic carbocycles. The van der Waals surface area contributed by atoms with E-state index in [4.69, 9.17) is 13.9 Å². The van der Waals surface area contributed by atoms with Crippen molar-refractivity contribution >= 4 is 16.9 Å². The predicted molar refractivity (Wildman–Crippen MR) is 95.6 cm³/mol. The third-order valence-electron chi connectivity index (χ3n) is 4.23. The molecule has 1 atom stereocenters. The highest BCUT2D eigenvalue weighted by molar-refractivity contribution is 5.78. The minimum atomic E-state index is -0.675. The number of ether oxygens (including phenoxy) is 2. The van der Waals surface area contributed by atoms with Crippen molar-refractivity contribution in [2.45, 2.75) is 12.3 Å². The molecule has 1 N–H and O–H groups in total. The molecule has 0 unspecified atom stereocenters. The highest BCUT2D eigenvalue weighted by atomic mass is 16.5. The van der Waals surface area contributed by atoms with Gasteiger partial charge in [-0.1, -0.05) is 24.3 Å². The number of aromatic hydroxyl groups is 1. The molecule has 0 radical (unpaired) electrons. The summed E-state index contributed by atoms with van der Waals surface area (Å²) in [5.74, 6) is -0.987. The van der Waals surface area contributed by atoms with Crippen LogP contribution in [-0.2, 0) is 9.53 Å². The number of fused-ring (bicyclic) bond motifs is 1. The molecule has 26 heavy (non-hydrogen) atoms. The summed E-state index contributed by atoms with van der Waals surface area (Å²) in [5.41, 5.74) is 0.490. The van der Waals surface area contributed by atoms with E-state index in [0.29, 0.717) is 16.9 Å². The van der Waals surface area contributed by atoms with Gasteiger partial charge in [0, 0.05) is 0 Å². The summed E-state index contributed by atoms with van der Waals surface area (Å²) < 4.78 is 15.7. The zero-order valence-electron chi connectivity index (χ0n) is 14.4. The lowest BCUT2D eigenvalue weighted by atomic mass is 9.92. The Morgan fingerprint density at radius 1 is 1.12 bits per heavy atom. The SMILES string of the molecule is COC(=O)C[C@H](c1ccc(OC)cc1)c1oc2ccccc2c(=O)c1O. The fourth-order valence-corrected chi connectivity index (χ4v) is 2.83. The van der Waals surface area contributed by atoms with E-state index in [2.05, 4.69) is 0 Å². The van der Waals surface area contributed by atoms with Crippen LogP contribution in [0.4, 0.5) is 0 Å². The molecule has 0 saturated heterocycles. The largest absolute Gasteiger partial charge is 0.502 e.